The van der Waals surface area contributed by atoms with Crippen molar-refractivity contribution in [3.05, 3.63) is 34.6 Å². The first-order valence-corrected chi connectivity index (χ1v) is 9.25. The Hall–Kier alpha value is -1.21. The van der Waals surface area contributed by atoms with Gasteiger partial charge in [-0.3, -0.25) is 9.69 Å². The molecule has 2 heterocycles. The van der Waals surface area contributed by atoms with Crippen LogP contribution in [0.5, 0.6) is 0 Å². The standard InChI is InChI=1S/C18H25ClFN3O2/c19-16-3-1-4-17(20)15(16)12-22-6-2-7-23(9-8-22)18(24)11-14-13-25-10-5-21-14/h1,3-4,14,21H,2,5-13H2/t14-/m0/s1. The van der Waals surface area contributed by atoms with E-state index in [1.54, 1.807) is 12.1 Å². The van der Waals surface area contributed by atoms with Crippen LogP contribution in [0.1, 0.15) is 18.4 Å². The lowest BCUT2D eigenvalue weighted by atomic mass is 10.1. The fraction of sp³-hybridized carbons (Fsp3) is 0.611. The number of ether oxygens (including phenoxy) is 1. The Labute approximate surface area is 153 Å². The van der Waals surface area contributed by atoms with Crippen molar-refractivity contribution in [1.82, 2.24) is 15.1 Å². The summed E-state index contributed by atoms with van der Waals surface area (Å²) in [4.78, 5) is 16.6. The van der Waals surface area contributed by atoms with Crippen molar-refractivity contribution >= 4 is 17.5 Å². The Morgan fingerprint density at radius 2 is 2.20 bits per heavy atom. The summed E-state index contributed by atoms with van der Waals surface area (Å²) in [5, 5.41) is 3.78. The molecule has 2 saturated heterocycles. The maximum absolute atomic E-state index is 14.0. The molecule has 1 aromatic carbocycles. The van der Waals surface area contributed by atoms with Crippen molar-refractivity contribution in [1.29, 1.82) is 0 Å². The van der Waals surface area contributed by atoms with Crippen molar-refractivity contribution in [3.63, 3.8) is 0 Å². The molecule has 0 bridgehead atoms. The second-order valence-electron chi connectivity index (χ2n) is 6.64. The second kappa shape index (κ2) is 8.94. The number of amides is 1. The monoisotopic (exact) mass is 369 g/mol. The zero-order valence-corrected chi connectivity index (χ0v) is 15.1. The first kappa shape index (κ1) is 18.6. The molecule has 0 unspecified atom stereocenters. The van der Waals surface area contributed by atoms with Crippen LogP contribution in [0.4, 0.5) is 4.39 Å². The molecule has 1 aromatic rings. The predicted octanol–water partition coefficient (Wildman–Crippen LogP) is 1.89. The average Bonchev–Trinajstić information content (AvgIpc) is 2.85. The van der Waals surface area contributed by atoms with Crippen molar-refractivity contribution in [2.45, 2.75) is 25.4 Å². The molecule has 2 aliphatic rings. The molecule has 0 aromatic heterocycles. The fourth-order valence-corrected chi connectivity index (χ4v) is 3.60. The van der Waals surface area contributed by atoms with E-state index in [0.29, 0.717) is 43.3 Å². The minimum atomic E-state index is -0.270. The van der Waals surface area contributed by atoms with Gasteiger partial charge in [-0.05, 0) is 18.6 Å². The first-order valence-electron chi connectivity index (χ1n) is 8.87. The number of carbonyl (C=O) groups is 1. The lowest BCUT2D eigenvalue weighted by molar-refractivity contribution is -0.132. The van der Waals surface area contributed by atoms with Crippen molar-refractivity contribution in [2.24, 2.45) is 0 Å². The van der Waals surface area contributed by atoms with Crippen LogP contribution in [0.2, 0.25) is 5.02 Å². The van der Waals surface area contributed by atoms with Gasteiger partial charge in [0, 0.05) is 62.3 Å². The number of hydrogen-bond acceptors (Lipinski definition) is 4. The number of halogens is 2. The summed E-state index contributed by atoms with van der Waals surface area (Å²) in [6, 6.07) is 4.88. The Morgan fingerprint density at radius 1 is 1.32 bits per heavy atom. The van der Waals surface area contributed by atoms with Gasteiger partial charge in [0.05, 0.1) is 13.2 Å². The summed E-state index contributed by atoms with van der Waals surface area (Å²) >= 11 is 6.13. The Morgan fingerprint density at radius 3 is 2.96 bits per heavy atom. The van der Waals surface area contributed by atoms with E-state index in [1.165, 1.54) is 6.07 Å². The smallest absolute Gasteiger partial charge is 0.224 e. The molecule has 0 aliphatic carbocycles. The average molecular weight is 370 g/mol. The predicted molar refractivity (Wildman–Crippen MR) is 95.1 cm³/mol. The zero-order valence-electron chi connectivity index (χ0n) is 14.3. The van der Waals surface area contributed by atoms with Gasteiger partial charge in [0.15, 0.2) is 0 Å². The van der Waals surface area contributed by atoms with Crippen LogP contribution in [0.25, 0.3) is 0 Å². The second-order valence-corrected chi connectivity index (χ2v) is 7.05. The largest absolute Gasteiger partial charge is 0.378 e. The van der Waals surface area contributed by atoms with E-state index >= 15 is 0 Å². The highest BCUT2D eigenvalue weighted by molar-refractivity contribution is 6.31. The molecule has 7 heteroatoms. The molecule has 0 spiro atoms. The Balaban J connectivity index is 1.52. The van der Waals surface area contributed by atoms with E-state index < -0.39 is 0 Å². The van der Waals surface area contributed by atoms with E-state index in [-0.39, 0.29) is 17.8 Å². The van der Waals surface area contributed by atoms with Gasteiger partial charge in [-0.2, -0.15) is 0 Å². The molecule has 5 nitrogen and oxygen atoms in total. The molecule has 1 amide bonds. The zero-order chi connectivity index (χ0) is 17.6. The summed E-state index contributed by atoms with van der Waals surface area (Å²) < 4.78 is 19.4. The normalized spacial score (nSPS) is 22.6. The van der Waals surface area contributed by atoms with E-state index in [1.807, 2.05) is 4.90 Å². The molecule has 2 fully saturated rings. The maximum atomic E-state index is 14.0. The van der Waals surface area contributed by atoms with Gasteiger partial charge < -0.3 is 15.0 Å². The van der Waals surface area contributed by atoms with Gasteiger partial charge >= 0.3 is 0 Å². The summed E-state index contributed by atoms with van der Waals surface area (Å²) in [7, 11) is 0. The van der Waals surface area contributed by atoms with E-state index in [2.05, 4.69) is 10.2 Å². The maximum Gasteiger partial charge on any atom is 0.224 e. The number of rotatable bonds is 4. The summed E-state index contributed by atoms with van der Waals surface area (Å²) in [5.41, 5.74) is 0.535. The number of nitrogens with one attached hydrogen (secondary N) is 1. The van der Waals surface area contributed by atoms with Crippen molar-refractivity contribution in [3.8, 4) is 0 Å². The Kier molecular flexibility index (Phi) is 6.64. The molecule has 138 valence electrons. The van der Waals surface area contributed by atoms with Gasteiger partial charge in [0.1, 0.15) is 5.82 Å². The molecular formula is C18H25ClFN3O2. The molecule has 3 rings (SSSR count). The minimum Gasteiger partial charge on any atom is -0.378 e. The van der Waals surface area contributed by atoms with Crippen LogP contribution in [0.3, 0.4) is 0 Å². The molecule has 0 radical (unpaired) electrons. The van der Waals surface area contributed by atoms with Crippen LogP contribution in [-0.2, 0) is 16.1 Å². The van der Waals surface area contributed by atoms with Gasteiger partial charge in [-0.15, -0.1) is 0 Å². The third-order valence-electron chi connectivity index (χ3n) is 4.80. The van der Waals surface area contributed by atoms with Gasteiger partial charge in [0.2, 0.25) is 5.91 Å². The van der Waals surface area contributed by atoms with Crippen LogP contribution in [0.15, 0.2) is 18.2 Å². The number of carbonyl (C=O) groups excluding carboxylic acids is 1. The van der Waals surface area contributed by atoms with Gasteiger partial charge in [-0.25, -0.2) is 4.39 Å². The summed E-state index contributed by atoms with van der Waals surface area (Å²) in [6.45, 7) is 5.55. The van der Waals surface area contributed by atoms with Crippen LogP contribution >= 0.6 is 11.6 Å². The molecular weight excluding hydrogens is 345 g/mol. The van der Waals surface area contributed by atoms with Crippen LogP contribution < -0.4 is 5.32 Å². The highest BCUT2D eigenvalue weighted by Crippen LogP contribution is 2.21. The van der Waals surface area contributed by atoms with Crippen LogP contribution in [-0.4, -0.2) is 67.7 Å². The lowest BCUT2D eigenvalue weighted by Crippen LogP contribution is -2.45. The number of hydrogen-bond donors (Lipinski definition) is 1. The highest BCUT2D eigenvalue weighted by atomic mass is 35.5. The van der Waals surface area contributed by atoms with Crippen molar-refractivity contribution < 1.29 is 13.9 Å². The highest BCUT2D eigenvalue weighted by Gasteiger charge is 2.24. The number of morpholine rings is 1. The van der Waals surface area contributed by atoms with Gasteiger partial charge in [-0.1, -0.05) is 17.7 Å². The lowest BCUT2D eigenvalue weighted by Gasteiger charge is -2.27. The summed E-state index contributed by atoms with van der Waals surface area (Å²) in [6.07, 6.45) is 1.35. The Bertz CT molecular complexity index is 575. The minimum absolute atomic E-state index is 0.109. The van der Waals surface area contributed by atoms with Crippen LogP contribution in [0, 0.1) is 5.82 Å². The van der Waals surface area contributed by atoms with Gasteiger partial charge in [0.25, 0.3) is 0 Å². The first-order chi connectivity index (χ1) is 12.1. The molecule has 0 saturated carbocycles. The number of benzene rings is 1. The number of nitrogens with zero attached hydrogens (tertiary/aromatic N) is 2. The quantitative estimate of drug-likeness (QED) is 0.880. The third-order valence-corrected chi connectivity index (χ3v) is 5.16. The fourth-order valence-electron chi connectivity index (χ4n) is 3.38. The molecule has 1 atom stereocenters. The summed E-state index contributed by atoms with van der Waals surface area (Å²) in [5.74, 6) is -0.109. The van der Waals surface area contributed by atoms with Crippen molar-refractivity contribution in [2.75, 3.05) is 45.9 Å². The van der Waals surface area contributed by atoms with E-state index in [4.69, 9.17) is 16.3 Å². The SMILES string of the molecule is O=C(C[C@H]1COCCN1)N1CCCN(Cc2c(F)cccc2Cl)CC1. The van der Waals surface area contributed by atoms with E-state index in [9.17, 15) is 9.18 Å². The third kappa shape index (κ3) is 5.14. The topological polar surface area (TPSA) is 44.8 Å². The molecule has 2 aliphatic heterocycles. The molecule has 1 N–H and O–H groups in total. The molecule has 25 heavy (non-hydrogen) atoms. The van der Waals surface area contributed by atoms with E-state index in [0.717, 1.165) is 32.6 Å².